The van der Waals surface area contributed by atoms with Crippen LogP contribution in [0.2, 0.25) is 0 Å². The fourth-order valence-electron chi connectivity index (χ4n) is 10.6. The smallest absolute Gasteiger partial charge is 0.344 e. The number of Topliss-reactive ketones (excluding diaryl/α,β-unsaturated/α-hetero) is 2. The minimum Gasteiger partial charge on any atom is -0.508 e. The van der Waals surface area contributed by atoms with Gasteiger partial charge in [-0.1, -0.05) is 88.7 Å². The average molecular weight is 1820 g/mol. The molecule has 0 atom stereocenters. The van der Waals surface area contributed by atoms with Gasteiger partial charge in [0.05, 0.1) is 40.6 Å². The van der Waals surface area contributed by atoms with Crippen molar-refractivity contribution in [2.45, 2.75) is 74.6 Å². The van der Waals surface area contributed by atoms with Gasteiger partial charge in [0.15, 0.2) is 19.0 Å². The number of aliphatic carboxylic acids is 1. The number of nitriles is 5. The number of aromatic amines is 4. The summed E-state index contributed by atoms with van der Waals surface area (Å²) in [5, 5.41) is 61.3. The molecule has 33 nitrogen and oxygen atoms in total. The number of halogens is 1. The summed E-state index contributed by atoms with van der Waals surface area (Å²) in [5.74, 6) is 1.50. The number of nitrogens with zero attached hydrogens (tertiary/aromatic N) is 7. The van der Waals surface area contributed by atoms with Gasteiger partial charge >= 0.3 is 17.9 Å². The summed E-state index contributed by atoms with van der Waals surface area (Å²) in [6, 6.07) is 58.1. The van der Waals surface area contributed by atoms with Crippen molar-refractivity contribution in [3.63, 3.8) is 0 Å². The third-order valence-electron chi connectivity index (χ3n) is 16.6. The van der Waals surface area contributed by atoms with Crippen molar-refractivity contribution in [1.29, 1.82) is 26.3 Å². The molecule has 0 fully saturated rings. The first kappa shape index (κ1) is 109. The van der Waals surface area contributed by atoms with Crippen LogP contribution in [0.15, 0.2) is 195 Å². The number of aromatic nitrogens is 4. The van der Waals surface area contributed by atoms with Gasteiger partial charge in [-0.2, -0.15) is 26.3 Å². The van der Waals surface area contributed by atoms with E-state index in [1.807, 2.05) is 148 Å². The fraction of sp³-hybridized carbons (Fsp3) is 0.266. The van der Waals surface area contributed by atoms with Crippen LogP contribution in [0.4, 0.5) is 0 Å². The molecule has 0 saturated carbocycles. The van der Waals surface area contributed by atoms with Crippen LogP contribution in [-0.4, -0.2) is 177 Å². The number of allylic oxidation sites excluding steroid dienone is 1. The molecule has 0 spiro atoms. The molecule has 0 unspecified atom stereocenters. The van der Waals surface area contributed by atoms with Crippen LogP contribution in [0.25, 0.3) is 50.1 Å². The van der Waals surface area contributed by atoms with Crippen molar-refractivity contribution in [2.75, 3.05) is 95.5 Å². The zero-order chi connectivity index (χ0) is 96.1. The Bertz CT molecular complexity index is 5790. The van der Waals surface area contributed by atoms with Gasteiger partial charge in [-0.25, -0.2) is 9.59 Å². The SMILES string of the molecule is CCOC(=O)CBr.CCOC(=O)COc1ccc(-c2cc(C#N)c(=O)[nH]c2C)cc1.COC(OC)N(C)C.COc1ccc(-c2cc(C#N)c(=O)[nH]c2C)cc1.COc1ccc(/C(=C/N(C)C)C(C)=O)cc1.COc1ccc(CC(C)=O)cc1.Cc1[nH]c(=O)c(C#N)cc1-c1ccc(O)cc1.Cc1[nH]c(=O)c(C#N)cc1-c1ccc(OCC(=O)O)cc1.N#CCC(N)=O. The lowest BCUT2D eigenvalue weighted by Gasteiger charge is -2.19. The van der Waals surface area contributed by atoms with Crippen molar-refractivity contribution in [3.8, 4) is 109 Å². The molecule has 8 N–H and O–H groups in total. The second kappa shape index (κ2) is 58.5. The largest absolute Gasteiger partial charge is 0.508 e. The number of aryl methyl sites for hydroxylation is 4. The summed E-state index contributed by atoms with van der Waals surface area (Å²) < 4.78 is 44.5. The first-order valence-corrected chi connectivity index (χ1v) is 39.6. The van der Waals surface area contributed by atoms with E-state index < -0.39 is 35.6 Å². The van der Waals surface area contributed by atoms with Gasteiger partial charge in [0.1, 0.15) is 98.6 Å². The van der Waals surface area contributed by atoms with Crippen LogP contribution in [0.1, 0.15) is 90.3 Å². The third-order valence-corrected chi connectivity index (χ3v) is 17.1. The van der Waals surface area contributed by atoms with E-state index in [0.717, 1.165) is 78.6 Å². The Kier molecular flexibility index (Phi) is 49.6. The standard InChI is InChI=1S/C17H16N2O4.C15H12N2O4.C14H12N2O2.C13H10N2O2.C13H17NO2.C10H12O2.C5H13NO2.C4H7BrO2.C3H4N2O/c1-3-22-16(20)10-23-14-6-4-12(5-7-14)15-8-13(9-18)17(21)19-11(15)2;1-9-13(6-11(7-16)15(20)17-9)10-2-4-12(5-3-10)21-8-14(18)19;1-9-13(7-11(8-15)14(17)16-9)10-3-5-12(18-2)6-4-10;1-8-12(6-10(7-14)13(17)15-8)9-2-4-11(16)5-3-9;1-10(15)13(9-14(2)3)11-5-7-12(16-4)8-6-11;1-8(11)7-9-3-5-10(12-2)6-4-9;1-6(2)5(7-3)8-4;1-2-7-4(6)3-5;4-2-1-3(5)6/h4-8H,3,10H2,1-2H3,(H,19,21);2-6H,8H2,1H3,(H,17,20)(H,18,19);3-7H,1-2H3,(H,16,17);2-6,16H,1H3,(H,15,17);5-9H,1-4H3;3-6H,7H2,1-2H3;5H,1-4H3;2-3H2,1H3;1H2,(H2,5,6)/b;;;;13-9+;;;;. The number of aromatic hydroxyl groups is 1. The molecule has 128 heavy (non-hydrogen) atoms. The molecule has 0 bridgehead atoms. The highest BCUT2D eigenvalue weighted by atomic mass is 79.9. The number of primary amides is 1. The number of nitrogens with one attached hydrogen (secondary N) is 4. The molecular formula is C94H103BrN12O21. The van der Waals surface area contributed by atoms with Crippen LogP contribution in [0.5, 0.6) is 34.5 Å². The molecule has 4 aromatic heterocycles. The van der Waals surface area contributed by atoms with Gasteiger partial charge in [-0.05, 0) is 200 Å². The van der Waals surface area contributed by atoms with Crippen molar-refractivity contribution >= 4 is 56.9 Å². The molecule has 0 radical (unpaired) electrons. The Labute approximate surface area is 749 Å². The zero-order valence-electron chi connectivity index (χ0n) is 74.0. The summed E-state index contributed by atoms with van der Waals surface area (Å²) >= 11 is 2.94. The van der Waals surface area contributed by atoms with Crippen LogP contribution in [0.3, 0.4) is 0 Å². The van der Waals surface area contributed by atoms with E-state index in [1.54, 1.807) is 181 Å². The van der Waals surface area contributed by atoms with Gasteiger partial charge in [0.2, 0.25) is 12.3 Å². The molecular weight excluding hydrogens is 1710 g/mol. The predicted octanol–water partition coefficient (Wildman–Crippen LogP) is 12.5. The molecule has 1 amide bonds. The lowest BCUT2D eigenvalue weighted by atomic mass is 10.0. The minimum absolute atomic E-state index is 0.0433. The number of ether oxygens (including phenoxy) is 9. The Morgan fingerprint density at radius 3 is 1.03 bits per heavy atom. The van der Waals surface area contributed by atoms with E-state index in [9.17, 15) is 53.1 Å². The highest BCUT2D eigenvalue weighted by Crippen LogP contribution is 2.29. The number of methoxy groups -OCH3 is 5. The maximum Gasteiger partial charge on any atom is 0.344 e. The van der Waals surface area contributed by atoms with E-state index in [2.05, 4.69) is 46.3 Å². The summed E-state index contributed by atoms with van der Waals surface area (Å²) in [6.45, 7) is 14.0. The number of carbonyl (C=O) groups excluding carboxylic acids is 5. The summed E-state index contributed by atoms with van der Waals surface area (Å²) in [5.41, 5.74) is 15.2. The van der Waals surface area contributed by atoms with Crippen molar-refractivity contribution in [3.05, 3.63) is 274 Å². The number of esters is 2. The maximum atomic E-state index is 11.6. The fourth-order valence-corrected chi connectivity index (χ4v) is 10.8. The van der Waals surface area contributed by atoms with Crippen LogP contribution in [0, 0.1) is 84.4 Å². The second-order valence-corrected chi connectivity index (χ2v) is 27.3. The number of amides is 1. The lowest BCUT2D eigenvalue weighted by Crippen LogP contribution is -2.30. The molecule has 0 saturated heterocycles. The highest BCUT2D eigenvalue weighted by molar-refractivity contribution is 9.09. The molecule has 0 aliphatic heterocycles. The minimum atomic E-state index is -1.05. The Balaban J connectivity index is 0.000000501. The molecule has 0 aliphatic rings. The molecule has 6 aromatic carbocycles. The molecule has 10 rings (SSSR count). The Hall–Kier alpha value is -15.5. The molecule has 34 heteroatoms. The van der Waals surface area contributed by atoms with Gasteiger partial charge < -0.3 is 83.4 Å². The van der Waals surface area contributed by atoms with Gasteiger partial charge in [0.25, 0.3) is 22.2 Å². The van der Waals surface area contributed by atoms with E-state index in [1.165, 1.54) is 6.07 Å². The maximum absolute atomic E-state index is 11.6. The third kappa shape index (κ3) is 39.3. The topological polar surface area (TPSA) is 509 Å². The highest BCUT2D eigenvalue weighted by Gasteiger charge is 2.15. The Morgan fingerprint density at radius 1 is 0.477 bits per heavy atom. The number of carbonyl (C=O) groups is 6. The molecule has 0 aliphatic carbocycles. The van der Waals surface area contributed by atoms with Crippen molar-refractivity contribution in [2.24, 2.45) is 5.73 Å². The number of carboxylic acids is 1. The lowest BCUT2D eigenvalue weighted by molar-refractivity contribution is -0.179. The average Bonchev–Trinajstić information content (AvgIpc) is 0.830. The number of hydrogen-bond acceptors (Lipinski definition) is 27. The summed E-state index contributed by atoms with van der Waals surface area (Å²) in [7, 11) is 15.6. The number of carboxylic acid groups (broad SMARTS) is 1. The first-order valence-electron chi connectivity index (χ1n) is 38.5. The number of nitrogens with two attached hydrogens (primary N) is 1. The number of hydrogen-bond donors (Lipinski definition) is 7. The summed E-state index contributed by atoms with van der Waals surface area (Å²) in [6.07, 6.45) is 1.93. The van der Waals surface area contributed by atoms with E-state index in [4.69, 9.17) is 69.3 Å². The molecule has 672 valence electrons. The monoisotopic (exact) mass is 1810 g/mol. The van der Waals surface area contributed by atoms with Gasteiger partial charge in [-0.15, -0.1) is 0 Å². The number of alkyl halides is 1. The first-order chi connectivity index (χ1) is 60.9. The number of phenolic OH excluding ortho intramolecular Hbond substituents is 1. The summed E-state index contributed by atoms with van der Waals surface area (Å²) in [4.78, 5) is 124. The number of phenols is 1. The van der Waals surface area contributed by atoms with Gasteiger partial charge in [0, 0.05) is 91.5 Å². The van der Waals surface area contributed by atoms with Crippen LogP contribution in [-0.2, 0) is 54.1 Å². The molecule has 4 heterocycles. The van der Waals surface area contributed by atoms with E-state index in [0.29, 0.717) is 59.1 Å². The number of benzene rings is 6. The normalized spacial score (nSPS) is 9.85. The van der Waals surface area contributed by atoms with E-state index in [-0.39, 0.29) is 76.1 Å². The van der Waals surface area contributed by atoms with Crippen molar-refractivity contribution < 1.29 is 81.6 Å². The number of rotatable bonds is 25. The predicted molar refractivity (Wildman–Crippen MR) is 485 cm³/mol. The van der Waals surface area contributed by atoms with Crippen molar-refractivity contribution in [1.82, 2.24) is 29.7 Å². The van der Waals surface area contributed by atoms with Crippen LogP contribution < -0.4 is 51.7 Å². The number of ketones is 2. The Morgan fingerprint density at radius 2 is 0.789 bits per heavy atom. The number of H-pyrrole nitrogens is 4. The van der Waals surface area contributed by atoms with E-state index >= 15 is 0 Å². The van der Waals surface area contributed by atoms with Crippen LogP contribution >= 0.6 is 15.9 Å². The second-order valence-electron chi connectivity index (χ2n) is 26.8. The quantitative estimate of drug-likeness (QED) is 0.0121. The molecule has 10 aromatic rings. The zero-order valence-corrected chi connectivity index (χ0v) is 75.6. The number of pyridine rings is 4. The van der Waals surface area contributed by atoms with Gasteiger partial charge in [-0.3, -0.25) is 43.3 Å².